The van der Waals surface area contributed by atoms with Gasteiger partial charge in [-0.3, -0.25) is 0 Å². The summed E-state index contributed by atoms with van der Waals surface area (Å²) in [6, 6.07) is 13.0. The van der Waals surface area contributed by atoms with Gasteiger partial charge < -0.3 is 23.7 Å². The van der Waals surface area contributed by atoms with Crippen molar-refractivity contribution >= 4 is 18.1 Å². The third-order valence-electron chi connectivity index (χ3n) is 3.80. The van der Waals surface area contributed by atoms with Crippen LogP contribution in [0.4, 0.5) is 4.79 Å². The Kier molecular flexibility index (Phi) is 9.61. The molecule has 164 valence electrons. The molecule has 2 rings (SSSR count). The van der Waals surface area contributed by atoms with Gasteiger partial charge in [0.25, 0.3) is 0 Å². The Hall–Kier alpha value is -3.81. The second-order valence-corrected chi connectivity index (χ2v) is 6.10. The first-order valence-electron chi connectivity index (χ1n) is 9.70. The van der Waals surface area contributed by atoms with Gasteiger partial charge in [0.1, 0.15) is 17.2 Å². The van der Waals surface area contributed by atoms with E-state index in [2.05, 4.69) is 6.58 Å². The average molecular weight is 428 g/mol. The maximum absolute atomic E-state index is 11.7. The van der Waals surface area contributed by atoms with Crippen LogP contribution in [0, 0.1) is 0 Å². The molecule has 0 aliphatic heterocycles. The monoisotopic (exact) mass is 428 g/mol. The molecule has 0 unspecified atom stereocenters. The van der Waals surface area contributed by atoms with Crippen LogP contribution in [0.2, 0.25) is 0 Å². The zero-order chi connectivity index (χ0) is 22.5. The Morgan fingerprint density at radius 2 is 1.35 bits per heavy atom. The van der Waals surface area contributed by atoms with Crippen molar-refractivity contribution in [3.8, 4) is 17.2 Å². The van der Waals surface area contributed by atoms with Gasteiger partial charge in [0.05, 0.1) is 25.4 Å². The molecular formula is C23H24O8. The maximum Gasteiger partial charge on any atom is 0.513 e. The maximum atomic E-state index is 11.7. The van der Waals surface area contributed by atoms with Crippen molar-refractivity contribution in [2.75, 3.05) is 19.8 Å². The molecule has 8 heteroatoms. The number of carbonyl (C=O) groups is 3. The summed E-state index contributed by atoms with van der Waals surface area (Å²) in [6.45, 7) is 5.73. The fourth-order valence-corrected chi connectivity index (χ4v) is 2.30. The van der Waals surface area contributed by atoms with Gasteiger partial charge in [-0.15, -0.1) is 0 Å². The van der Waals surface area contributed by atoms with Crippen LogP contribution in [0.1, 0.15) is 30.1 Å². The molecular weight excluding hydrogens is 404 g/mol. The molecule has 0 saturated heterocycles. The van der Waals surface area contributed by atoms with Crippen LogP contribution in [0.15, 0.2) is 61.2 Å². The topological polar surface area (TPSA) is 97.4 Å². The van der Waals surface area contributed by atoms with Crippen LogP contribution in [0.3, 0.4) is 0 Å². The largest absolute Gasteiger partial charge is 0.513 e. The minimum atomic E-state index is -0.827. The Balaban J connectivity index is 1.72. The van der Waals surface area contributed by atoms with Gasteiger partial charge in [-0.1, -0.05) is 6.58 Å². The van der Waals surface area contributed by atoms with E-state index in [1.54, 1.807) is 55.5 Å². The molecule has 0 saturated carbocycles. The van der Waals surface area contributed by atoms with Gasteiger partial charge in [0.15, 0.2) is 0 Å². The van der Waals surface area contributed by atoms with E-state index in [0.717, 1.165) is 6.08 Å². The van der Waals surface area contributed by atoms with Gasteiger partial charge in [-0.05, 0) is 68.3 Å². The molecule has 0 aliphatic carbocycles. The SMILES string of the molecule is C=CC(=O)OCCCCOC(=O)Oc1ccc(Oc2ccc(C(=O)OCC)cc2)cc1. The first-order valence-corrected chi connectivity index (χ1v) is 9.70. The van der Waals surface area contributed by atoms with Gasteiger partial charge in [-0.2, -0.15) is 0 Å². The van der Waals surface area contributed by atoms with Crippen LogP contribution < -0.4 is 9.47 Å². The number of hydrogen-bond donors (Lipinski definition) is 0. The number of rotatable bonds is 11. The van der Waals surface area contributed by atoms with Crippen LogP contribution in [0.25, 0.3) is 0 Å². The lowest BCUT2D eigenvalue weighted by molar-refractivity contribution is -0.137. The quantitative estimate of drug-likeness (QED) is 0.167. The van der Waals surface area contributed by atoms with Crippen molar-refractivity contribution in [1.29, 1.82) is 0 Å². The Morgan fingerprint density at radius 3 is 1.94 bits per heavy atom. The lowest BCUT2D eigenvalue weighted by atomic mass is 10.2. The lowest BCUT2D eigenvalue weighted by Gasteiger charge is -2.09. The predicted octanol–water partition coefficient (Wildman–Crippen LogP) is 4.68. The minimum Gasteiger partial charge on any atom is -0.463 e. The summed E-state index contributed by atoms with van der Waals surface area (Å²) < 4.78 is 25.5. The molecule has 2 aromatic carbocycles. The van der Waals surface area contributed by atoms with Crippen LogP contribution in [-0.2, 0) is 19.0 Å². The zero-order valence-electron chi connectivity index (χ0n) is 17.2. The van der Waals surface area contributed by atoms with Crippen molar-refractivity contribution in [3.63, 3.8) is 0 Å². The molecule has 0 bridgehead atoms. The average Bonchev–Trinajstić information content (AvgIpc) is 2.78. The second kappa shape index (κ2) is 12.7. The van der Waals surface area contributed by atoms with Gasteiger partial charge in [-0.25, -0.2) is 14.4 Å². The minimum absolute atomic E-state index is 0.146. The summed E-state index contributed by atoms with van der Waals surface area (Å²) in [5.74, 6) is 0.494. The fraction of sp³-hybridized carbons (Fsp3) is 0.261. The Bertz CT molecular complexity index is 871. The van der Waals surface area contributed by atoms with Crippen LogP contribution in [-0.4, -0.2) is 37.9 Å². The summed E-state index contributed by atoms with van der Waals surface area (Å²) in [7, 11) is 0. The van der Waals surface area contributed by atoms with E-state index in [1.165, 1.54) is 0 Å². The standard InChI is InChI=1S/C23H24O8/c1-3-21(24)28-15-5-6-16-29-23(26)31-20-13-11-19(12-14-20)30-18-9-7-17(8-10-18)22(25)27-4-2/h3,7-14H,1,4-6,15-16H2,2H3. The van der Waals surface area contributed by atoms with Crippen molar-refractivity contribution < 1.29 is 38.1 Å². The predicted molar refractivity (Wildman–Crippen MR) is 111 cm³/mol. The third kappa shape index (κ3) is 8.61. The molecule has 2 aromatic rings. The summed E-state index contributed by atoms with van der Waals surface area (Å²) in [6.07, 6.45) is 1.35. The highest BCUT2D eigenvalue weighted by atomic mass is 16.7. The first-order chi connectivity index (χ1) is 15.0. The molecule has 0 radical (unpaired) electrons. The molecule has 0 atom stereocenters. The van der Waals surface area contributed by atoms with E-state index >= 15 is 0 Å². The highest BCUT2D eigenvalue weighted by Gasteiger charge is 2.08. The molecule has 0 spiro atoms. The van der Waals surface area contributed by atoms with E-state index in [0.29, 0.717) is 42.3 Å². The van der Waals surface area contributed by atoms with Crippen molar-refractivity contribution in [2.45, 2.75) is 19.8 Å². The van der Waals surface area contributed by atoms with Crippen molar-refractivity contribution in [3.05, 3.63) is 66.7 Å². The molecule has 0 heterocycles. The molecule has 31 heavy (non-hydrogen) atoms. The van der Waals surface area contributed by atoms with E-state index < -0.39 is 18.1 Å². The zero-order valence-corrected chi connectivity index (χ0v) is 17.2. The van der Waals surface area contributed by atoms with Crippen molar-refractivity contribution in [1.82, 2.24) is 0 Å². The molecule has 0 aromatic heterocycles. The number of unbranched alkanes of at least 4 members (excludes halogenated alkanes) is 1. The smallest absolute Gasteiger partial charge is 0.463 e. The highest BCUT2D eigenvalue weighted by molar-refractivity contribution is 5.89. The molecule has 8 nitrogen and oxygen atoms in total. The summed E-state index contributed by atoms with van der Waals surface area (Å²) in [5, 5.41) is 0. The fourth-order valence-electron chi connectivity index (χ4n) is 2.30. The van der Waals surface area contributed by atoms with E-state index in [-0.39, 0.29) is 13.2 Å². The highest BCUT2D eigenvalue weighted by Crippen LogP contribution is 2.24. The molecule has 0 N–H and O–H groups in total. The van der Waals surface area contributed by atoms with Gasteiger partial charge in [0, 0.05) is 6.08 Å². The van der Waals surface area contributed by atoms with E-state index in [1.807, 2.05) is 0 Å². The number of benzene rings is 2. The van der Waals surface area contributed by atoms with E-state index in [9.17, 15) is 14.4 Å². The first kappa shape index (κ1) is 23.5. The molecule has 0 aliphatic rings. The number of ether oxygens (including phenoxy) is 5. The normalized spacial score (nSPS) is 9.97. The number of esters is 2. The third-order valence-corrected chi connectivity index (χ3v) is 3.80. The summed E-state index contributed by atoms with van der Waals surface area (Å²) in [5.41, 5.74) is 0.439. The van der Waals surface area contributed by atoms with Crippen LogP contribution in [0.5, 0.6) is 17.2 Å². The van der Waals surface area contributed by atoms with Crippen molar-refractivity contribution in [2.24, 2.45) is 0 Å². The molecule has 0 amide bonds. The lowest BCUT2D eigenvalue weighted by Crippen LogP contribution is -2.12. The second-order valence-electron chi connectivity index (χ2n) is 6.10. The Morgan fingerprint density at radius 1 is 0.806 bits per heavy atom. The van der Waals surface area contributed by atoms with Gasteiger partial charge in [0.2, 0.25) is 0 Å². The Labute approximate surface area is 180 Å². The summed E-state index contributed by atoms with van der Waals surface area (Å²) in [4.78, 5) is 34.2. The molecule has 0 fully saturated rings. The summed E-state index contributed by atoms with van der Waals surface area (Å²) >= 11 is 0. The van der Waals surface area contributed by atoms with Gasteiger partial charge >= 0.3 is 18.1 Å². The van der Waals surface area contributed by atoms with Crippen LogP contribution >= 0.6 is 0 Å². The van der Waals surface area contributed by atoms with E-state index in [4.69, 9.17) is 23.7 Å². The number of hydrogen-bond acceptors (Lipinski definition) is 8. The number of carbonyl (C=O) groups excluding carboxylic acids is 3.